The fraction of sp³-hybridized carbons (Fsp3) is 0.269. The van der Waals surface area contributed by atoms with Crippen LogP contribution < -0.4 is 11.1 Å². The molecule has 3 atom stereocenters. The van der Waals surface area contributed by atoms with Crippen molar-refractivity contribution in [3.05, 3.63) is 59.8 Å². The molecule has 0 aromatic carbocycles. The van der Waals surface area contributed by atoms with Crippen molar-refractivity contribution in [3.63, 3.8) is 0 Å². The molecule has 0 radical (unpaired) electrons. The van der Waals surface area contributed by atoms with Gasteiger partial charge in [0, 0.05) is 42.5 Å². The van der Waals surface area contributed by atoms with E-state index >= 15 is 0 Å². The minimum absolute atomic E-state index is 0.0202. The molecule has 1 aliphatic carbocycles. The fourth-order valence-electron chi connectivity index (χ4n) is 4.67. The molecule has 0 spiro atoms. The number of carbonyl (C=O) groups is 2. The number of nitrogens with zero attached hydrogens (tertiary/aromatic N) is 6. The highest BCUT2D eigenvalue weighted by molar-refractivity contribution is 5.99. The molecular weight excluding hydrogens is 488 g/mol. The molecule has 4 N–H and O–H groups in total. The van der Waals surface area contributed by atoms with E-state index < -0.39 is 12.0 Å². The minimum atomic E-state index is -1.04. The van der Waals surface area contributed by atoms with Crippen molar-refractivity contribution in [2.45, 2.75) is 25.3 Å². The number of hydrogen-bond acceptors (Lipinski definition) is 9. The van der Waals surface area contributed by atoms with Crippen LogP contribution in [-0.4, -0.2) is 60.3 Å². The highest BCUT2D eigenvalue weighted by Gasteiger charge is 2.44. The molecule has 0 bridgehead atoms. The van der Waals surface area contributed by atoms with Gasteiger partial charge in [0.05, 0.1) is 11.9 Å². The number of hydrogen-bond donors (Lipinski definition) is 3. The lowest BCUT2D eigenvalue weighted by Gasteiger charge is -2.11. The number of ether oxygens (including phenoxy) is 1. The minimum Gasteiger partial charge on any atom is -0.480 e. The molecule has 0 saturated heterocycles. The number of fused-ring (bicyclic) bond motifs is 1. The monoisotopic (exact) mass is 512 g/mol. The van der Waals surface area contributed by atoms with Crippen LogP contribution in [-0.2, 0) is 21.4 Å². The molecule has 2 aliphatic rings. The van der Waals surface area contributed by atoms with Crippen LogP contribution in [0.25, 0.3) is 22.0 Å². The van der Waals surface area contributed by atoms with Crippen LogP contribution in [0.15, 0.2) is 48.0 Å². The van der Waals surface area contributed by atoms with Gasteiger partial charge in [0.25, 0.3) is 0 Å². The van der Waals surface area contributed by atoms with Gasteiger partial charge in [0.1, 0.15) is 23.9 Å². The van der Waals surface area contributed by atoms with Crippen molar-refractivity contribution in [1.29, 1.82) is 0 Å². The number of rotatable bonds is 6. The first-order valence-corrected chi connectivity index (χ1v) is 12.0. The molecule has 12 heteroatoms. The van der Waals surface area contributed by atoms with E-state index in [9.17, 15) is 9.59 Å². The standard InChI is InChI=1S/C26H24N8O4/c1-12-3-20(25-32-21(11-38-25)26(36)37)28-8-17(12)19-4-13-5-22(29-9-18(13)23(27)31-19)33-24(35)16-6-15(16)14-7-30-34(2)10-14/h3-5,7-10,15-16,21H,6,11H2,1-2H3,(H2,27,31)(H,36,37)(H,29,33,35). The maximum absolute atomic E-state index is 12.8. The number of aliphatic carboxylic acids is 1. The number of carbonyl (C=O) groups excluding carboxylic acids is 1. The van der Waals surface area contributed by atoms with Crippen LogP contribution in [0.3, 0.4) is 0 Å². The molecule has 192 valence electrons. The largest absolute Gasteiger partial charge is 0.480 e. The fourth-order valence-corrected chi connectivity index (χ4v) is 4.67. The van der Waals surface area contributed by atoms with Crippen molar-refractivity contribution in [2.75, 3.05) is 17.7 Å². The second-order valence-electron chi connectivity index (χ2n) is 9.55. The SMILES string of the molecule is Cc1cc(C2=NC(C(=O)O)CO2)ncc1-c1cc2cc(NC(=O)C3CC3c3cnn(C)c3)ncc2c(N)n1. The van der Waals surface area contributed by atoms with Gasteiger partial charge in [-0.1, -0.05) is 0 Å². The van der Waals surface area contributed by atoms with Gasteiger partial charge >= 0.3 is 5.97 Å². The van der Waals surface area contributed by atoms with Crippen molar-refractivity contribution in [3.8, 4) is 11.3 Å². The van der Waals surface area contributed by atoms with Crippen LogP contribution in [0.1, 0.15) is 29.2 Å². The predicted molar refractivity (Wildman–Crippen MR) is 139 cm³/mol. The molecule has 5 heterocycles. The summed E-state index contributed by atoms with van der Waals surface area (Å²) in [5.41, 5.74) is 9.94. The Bertz CT molecular complexity index is 1650. The third kappa shape index (κ3) is 4.29. The van der Waals surface area contributed by atoms with Gasteiger partial charge in [-0.05, 0) is 54.0 Å². The summed E-state index contributed by atoms with van der Waals surface area (Å²) in [6, 6.07) is 4.48. The Kier molecular flexibility index (Phi) is 5.51. The summed E-state index contributed by atoms with van der Waals surface area (Å²) in [6.45, 7) is 1.87. The molecule has 38 heavy (non-hydrogen) atoms. The zero-order chi connectivity index (χ0) is 26.6. The summed E-state index contributed by atoms with van der Waals surface area (Å²) < 4.78 is 7.15. The Morgan fingerprint density at radius 3 is 2.71 bits per heavy atom. The van der Waals surface area contributed by atoms with Gasteiger partial charge in [-0.15, -0.1) is 0 Å². The molecule has 1 saturated carbocycles. The molecule has 6 rings (SSSR count). The van der Waals surface area contributed by atoms with E-state index in [1.54, 1.807) is 35.4 Å². The Morgan fingerprint density at radius 1 is 1.16 bits per heavy atom. The molecule has 1 aliphatic heterocycles. The van der Waals surface area contributed by atoms with Crippen molar-refractivity contribution >= 4 is 40.2 Å². The zero-order valence-corrected chi connectivity index (χ0v) is 20.6. The number of carboxylic acids is 1. The number of amides is 1. The topological polar surface area (TPSA) is 170 Å². The highest BCUT2D eigenvalue weighted by Crippen LogP contribution is 2.47. The Balaban J connectivity index is 1.24. The van der Waals surface area contributed by atoms with E-state index in [4.69, 9.17) is 15.6 Å². The van der Waals surface area contributed by atoms with Crippen molar-refractivity contribution in [2.24, 2.45) is 18.0 Å². The number of nitrogens with two attached hydrogens (primary N) is 1. The second kappa shape index (κ2) is 8.91. The van der Waals surface area contributed by atoms with E-state index in [1.807, 2.05) is 26.2 Å². The Morgan fingerprint density at radius 2 is 2.00 bits per heavy atom. The molecule has 12 nitrogen and oxygen atoms in total. The summed E-state index contributed by atoms with van der Waals surface area (Å²) in [6.07, 6.45) is 7.75. The maximum Gasteiger partial charge on any atom is 0.332 e. The summed E-state index contributed by atoms with van der Waals surface area (Å²) in [4.78, 5) is 41.4. The highest BCUT2D eigenvalue weighted by atomic mass is 16.5. The Labute approximate surface area is 216 Å². The van der Waals surface area contributed by atoms with Crippen LogP contribution in [0.2, 0.25) is 0 Å². The van der Waals surface area contributed by atoms with E-state index in [1.165, 1.54) is 0 Å². The molecule has 4 aromatic rings. The van der Waals surface area contributed by atoms with E-state index in [0.717, 1.165) is 28.5 Å². The number of aryl methyl sites for hydroxylation is 2. The second-order valence-corrected chi connectivity index (χ2v) is 9.55. The van der Waals surface area contributed by atoms with Crippen LogP contribution in [0, 0.1) is 12.8 Å². The van der Waals surface area contributed by atoms with Crippen molar-refractivity contribution in [1.82, 2.24) is 24.7 Å². The average Bonchev–Trinajstić information content (AvgIpc) is 3.30. The summed E-state index contributed by atoms with van der Waals surface area (Å²) >= 11 is 0. The molecule has 4 aromatic heterocycles. The van der Waals surface area contributed by atoms with Gasteiger partial charge in [0.2, 0.25) is 11.8 Å². The summed E-state index contributed by atoms with van der Waals surface area (Å²) in [5.74, 6) is -0.120. The van der Waals surface area contributed by atoms with Crippen LogP contribution in [0.4, 0.5) is 11.6 Å². The first kappa shape index (κ1) is 23.5. The third-order valence-electron chi connectivity index (χ3n) is 6.82. The number of carboxylic acid groups (broad SMARTS) is 1. The van der Waals surface area contributed by atoms with Gasteiger partial charge in [-0.2, -0.15) is 5.10 Å². The van der Waals surface area contributed by atoms with Gasteiger partial charge in [-0.3, -0.25) is 14.5 Å². The summed E-state index contributed by atoms with van der Waals surface area (Å²) in [5, 5.41) is 17.7. The van der Waals surface area contributed by atoms with Gasteiger partial charge < -0.3 is 20.9 Å². The van der Waals surface area contributed by atoms with E-state index in [2.05, 4.69) is 30.4 Å². The number of aliphatic imine (C=N–C) groups is 1. The molecular formula is C26H24N8O4. The quantitative estimate of drug-likeness (QED) is 0.351. The number of nitrogen functional groups attached to an aromatic ring is 1. The third-order valence-corrected chi connectivity index (χ3v) is 6.82. The molecule has 1 fully saturated rings. The first-order chi connectivity index (χ1) is 18.3. The zero-order valence-electron chi connectivity index (χ0n) is 20.6. The number of anilines is 2. The number of pyridine rings is 3. The average molecular weight is 513 g/mol. The van der Waals surface area contributed by atoms with E-state index in [0.29, 0.717) is 28.4 Å². The van der Waals surface area contributed by atoms with Crippen LogP contribution >= 0.6 is 0 Å². The van der Waals surface area contributed by atoms with Crippen molar-refractivity contribution < 1.29 is 19.4 Å². The van der Waals surface area contributed by atoms with Gasteiger partial charge in [-0.25, -0.2) is 19.8 Å². The summed E-state index contributed by atoms with van der Waals surface area (Å²) in [7, 11) is 1.86. The Hall–Kier alpha value is -4.87. The lowest BCUT2D eigenvalue weighted by atomic mass is 10.0. The first-order valence-electron chi connectivity index (χ1n) is 12.0. The van der Waals surface area contributed by atoms with E-state index in [-0.39, 0.29) is 30.2 Å². The lowest BCUT2D eigenvalue weighted by molar-refractivity contribution is -0.138. The predicted octanol–water partition coefficient (Wildman–Crippen LogP) is 2.29. The number of aromatic nitrogens is 5. The smallest absolute Gasteiger partial charge is 0.332 e. The normalized spacial score (nSPS) is 20.2. The maximum atomic E-state index is 12.8. The lowest BCUT2D eigenvalue weighted by Crippen LogP contribution is -2.18. The number of nitrogens with one attached hydrogen (secondary N) is 1. The van der Waals surface area contributed by atoms with Gasteiger partial charge in [0.15, 0.2) is 6.04 Å². The molecule has 3 unspecified atom stereocenters. The van der Waals surface area contributed by atoms with Crippen LogP contribution in [0.5, 0.6) is 0 Å². The molecule has 1 amide bonds.